The zero-order chi connectivity index (χ0) is 7.23. The average Bonchev–Trinajstić information content (AvgIpc) is 2.03. The Hall–Kier alpha value is -0.700. The average molecular weight is 154 g/mol. The van der Waals surface area contributed by atoms with Crippen LogP contribution in [-0.4, -0.2) is 17.3 Å². The minimum atomic E-state index is 0.830. The third-order valence-corrected chi connectivity index (χ3v) is 1.31. The van der Waals surface area contributed by atoms with E-state index in [1.807, 2.05) is 18.2 Å². The molecule has 0 aliphatic carbocycles. The minimum absolute atomic E-state index is 0.830. The van der Waals surface area contributed by atoms with Crippen LogP contribution in [0.5, 0.6) is 0 Å². The van der Waals surface area contributed by atoms with Gasteiger partial charge in [0.05, 0.1) is 0 Å². The van der Waals surface area contributed by atoms with Crippen LogP contribution < -0.4 is 5.32 Å². The fraction of sp³-hybridized carbons (Fsp3) is 0.286. The summed E-state index contributed by atoms with van der Waals surface area (Å²) < 4.78 is 0. The number of pyridine rings is 1. The second-order valence-corrected chi connectivity index (χ2v) is 2.31. The second kappa shape index (κ2) is 4.17. The van der Waals surface area contributed by atoms with Crippen LogP contribution in [0.1, 0.15) is 0 Å². The summed E-state index contributed by atoms with van der Waals surface area (Å²) in [6, 6.07) is 5.78. The maximum atomic E-state index is 4.07. The highest BCUT2D eigenvalue weighted by Gasteiger charge is 1.86. The number of rotatable bonds is 3. The summed E-state index contributed by atoms with van der Waals surface area (Å²) in [6.45, 7) is 0.861. The molecule has 0 saturated carbocycles. The quantitative estimate of drug-likeness (QED) is 0.644. The van der Waals surface area contributed by atoms with Gasteiger partial charge in [-0.1, -0.05) is 6.07 Å². The Morgan fingerprint density at radius 3 is 3.00 bits per heavy atom. The highest BCUT2D eigenvalue weighted by Crippen LogP contribution is 1.97. The molecule has 0 atom stereocenters. The minimum Gasteiger partial charge on any atom is -0.369 e. The lowest BCUT2D eigenvalue weighted by Crippen LogP contribution is -2.03. The number of hydrogen-bond donors (Lipinski definition) is 2. The first-order valence-corrected chi connectivity index (χ1v) is 3.82. The first-order chi connectivity index (χ1) is 4.93. The molecular formula is C7H10N2S. The van der Waals surface area contributed by atoms with E-state index < -0.39 is 0 Å². The fourth-order valence-corrected chi connectivity index (χ4v) is 0.763. The molecule has 0 aromatic carbocycles. The maximum absolute atomic E-state index is 4.07. The molecule has 2 nitrogen and oxygen atoms in total. The lowest BCUT2D eigenvalue weighted by atomic mass is 10.4. The van der Waals surface area contributed by atoms with Crippen LogP contribution in [0.2, 0.25) is 0 Å². The van der Waals surface area contributed by atoms with Gasteiger partial charge in [-0.15, -0.1) is 0 Å². The van der Waals surface area contributed by atoms with Crippen molar-refractivity contribution in [3.63, 3.8) is 0 Å². The Morgan fingerprint density at radius 1 is 1.50 bits per heavy atom. The van der Waals surface area contributed by atoms with Crippen molar-refractivity contribution < 1.29 is 0 Å². The van der Waals surface area contributed by atoms with Gasteiger partial charge in [0.2, 0.25) is 0 Å². The number of nitrogens with zero attached hydrogens (tertiary/aromatic N) is 1. The van der Waals surface area contributed by atoms with E-state index in [-0.39, 0.29) is 0 Å². The summed E-state index contributed by atoms with van der Waals surface area (Å²) in [5.74, 6) is 1.74. The monoisotopic (exact) mass is 154 g/mol. The summed E-state index contributed by atoms with van der Waals surface area (Å²) in [5, 5.41) is 3.11. The second-order valence-electron chi connectivity index (χ2n) is 1.87. The molecule has 1 N–H and O–H groups in total. The van der Waals surface area contributed by atoms with Crippen LogP contribution in [0.3, 0.4) is 0 Å². The molecule has 0 radical (unpaired) electrons. The molecule has 0 spiro atoms. The molecule has 0 unspecified atom stereocenters. The van der Waals surface area contributed by atoms with Gasteiger partial charge >= 0.3 is 0 Å². The highest BCUT2D eigenvalue weighted by atomic mass is 32.1. The Bertz CT molecular complexity index is 176. The van der Waals surface area contributed by atoms with Crippen LogP contribution in [0.15, 0.2) is 24.4 Å². The zero-order valence-electron chi connectivity index (χ0n) is 5.62. The Kier molecular flexibility index (Phi) is 3.09. The summed E-state index contributed by atoms with van der Waals surface area (Å²) >= 11 is 4.06. The van der Waals surface area contributed by atoms with Gasteiger partial charge in [0, 0.05) is 18.5 Å². The van der Waals surface area contributed by atoms with Crippen LogP contribution in [0.25, 0.3) is 0 Å². The van der Waals surface area contributed by atoms with E-state index in [1.54, 1.807) is 6.20 Å². The Labute approximate surface area is 66.1 Å². The summed E-state index contributed by atoms with van der Waals surface area (Å²) in [5.41, 5.74) is 0. The van der Waals surface area contributed by atoms with Gasteiger partial charge in [0.25, 0.3) is 0 Å². The van der Waals surface area contributed by atoms with Gasteiger partial charge in [-0.3, -0.25) is 0 Å². The summed E-state index contributed by atoms with van der Waals surface area (Å²) in [6.07, 6.45) is 1.76. The first-order valence-electron chi connectivity index (χ1n) is 3.19. The maximum Gasteiger partial charge on any atom is 0.125 e. The topological polar surface area (TPSA) is 24.9 Å². The molecule has 10 heavy (non-hydrogen) atoms. The van der Waals surface area contributed by atoms with E-state index in [0.29, 0.717) is 0 Å². The van der Waals surface area contributed by atoms with Gasteiger partial charge in [-0.25, -0.2) is 4.98 Å². The molecule has 0 amide bonds. The number of nitrogens with one attached hydrogen (secondary N) is 1. The van der Waals surface area contributed by atoms with Crippen LogP contribution >= 0.6 is 12.6 Å². The van der Waals surface area contributed by atoms with E-state index >= 15 is 0 Å². The first kappa shape index (κ1) is 7.41. The van der Waals surface area contributed by atoms with Crippen LogP contribution in [-0.2, 0) is 0 Å². The van der Waals surface area contributed by atoms with E-state index in [4.69, 9.17) is 0 Å². The normalized spacial score (nSPS) is 9.30. The van der Waals surface area contributed by atoms with Crippen LogP contribution in [0, 0.1) is 0 Å². The van der Waals surface area contributed by atoms with Gasteiger partial charge < -0.3 is 5.32 Å². The van der Waals surface area contributed by atoms with E-state index in [0.717, 1.165) is 18.1 Å². The molecule has 1 rings (SSSR count). The van der Waals surface area contributed by atoms with Gasteiger partial charge in [-0.05, 0) is 12.1 Å². The van der Waals surface area contributed by atoms with Crippen molar-refractivity contribution in [1.82, 2.24) is 4.98 Å². The van der Waals surface area contributed by atoms with Crippen molar-refractivity contribution in [3.05, 3.63) is 24.4 Å². The third-order valence-electron chi connectivity index (χ3n) is 1.08. The number of thiol groups is 1. The Balaban J connectivity index is 2.43. The van der Waals surface area contributed by atoms with E-state index in [1.165, 1.54) is 0 Å². The molecule has 1 aromatic heterocycles. The summed E-state index contributed by atoms with van der Waals surface area (Å²) in [7, 11) is 0. The molecule has 1 heterocycles. The smallest absolute Gasteiger partial charge is 0.125 e. The lowest BCUT2D eigenvalue weighted by molar-refractivity contribution is 1.17. The van der Waals surface area contributed by atoms with E-state index in [2.05, 4.69) is 22.9 Å². The number of hydrogen-bond acceptors (Lipinski definition) is 3. The van der Waals surface area contributed by atoms with Crippen molar-refractivity contribution in [2.75, 3.05) is 17.6 Å². The van der Waals surface area contributed by atoms with Crippen molar-refractivity contribution in [2.45, 2.75) is 0 Å². The lowest BCUT2D eigenvalue weighted by Gasteiger charge is -2.00. The Morgan fingerprint density at radius 2 is 2.40 bits per heavy atom. The van der Waals surface area contributed by atoms with Crippen molar-refractivity contribution in [1.29, 1.82) is 0 Å². The summed E-state index contributed by atoms with van der Waals surface area (Å²) in [4.78, 5) is 4.07. The van der Waals surface area contributed by atoms with Crippen molar-refractivity contribution in [3.8, 4) is 0 Å². The zero-order valence-corrected chi connectivity index (χ0v) is 6.51. The standard InChI is InChI=1S/C7H10N2S/c10-6-5-9-7-3-1-2-4-8-7/h1-4,10H,5-6H2,(H,8,9). The fourth-order valence-electron chi connectivity index (χ4n) is 0.651. The largest absolute Gasteiger partial charge is 0.369 e. The van der Waals surface area contributed by atoms with Crippen molar-refractivity contribution in [2.24, 2.45) is 0 Å². The van der Waals surface area contributed by atoms with Crippen molar-refractivity contribution >= 4 is 18.4 Å². The molecule has 54 valence electrons. The molecule has 0 fully saturated rings. The molecular weight excluding hydrogens is 144 g/mol. The molecule has 0 aliphatic heterocycles. The van der Waals surface area contributed by atoms with Gasteiger partial charge in [-0.2, -0.15) is 12.6 Å². The molecule has 0 bridgehead atoms. The molecule has 0 saturated heterocycles. The molecule has 3 heteroatoms. The van der Waals surface area contributed by atoms with Gasteiger partial charge in [0.1, 0.15) is 5.82 Å². The third kappa shape index (κ3) is 2.27. The predicted octanol–water partition coefficient (Wildman–Crippen LogP) is 1.42. The van der Waals surface area contributed by atoms with Crippen LogP contribution in [0.4, 0.5) is 5.82 Å². The number of anilines is 1. The highest BCUT2D eigenvalue weighted by molar-refractivity contribution is 7.80. The molecule has 0 aliphatic rings. The molecule has 1 aromatic rings. The predicted molar refractivity (Wildman–Crippen MR) is 46.6 cm³/mol. The SMILES string of the molecule is SCCNc1ccccn1. The number of aromatic nitrogens is 1. The van der Waals surface area contributed by atoms with E-state index in [9.17, 15) is 0 Å². The van der Waals surface area contributed by atoms with Gasteiger partial charge in [0.15, 0.2) is 0 Å².